The smallest absolute Gasteiger partial charge is 0.262 e. The van der Waals surface area contributed by atoms with E-state index in [1.807, 2.05) is 4.90 Å². The highest BCUT2D eigenvalue weighted by Gasteiger charge is 2.54. The van der Waals surface area contributed by atoms with Crippen molar-refractivity contribution in [1.82, 2.24) is 19.6 Å². The average molecular weight is 425 g/mol. The summed E-state index contributed by atoms with van der Waals surface area (Å²) in [6.07, 6.45) is 7.24. The Hall–Kier alpha value is -1.28. The van der Waals surface area contributed by atoms with E-state index in [0.717, 1.165) is 38.8 Å². The number of carbonyl (C=O) groups excluding carboxylic acids is 2. The Balaban J connectivity index is 1.17. The monoisotopic (exact) mass is 424 g/mol. The molecule has 30 heavy (non-hydrogen) atoms. The van der Waals surface area contributed by atoms with Crippen LogP contribution in [-0.4, -0.2) is 101 Å². The zero-order chi connectivity index (χ0) is 20.9. The molecule has 0 spiro atoms. The van der Waals surface area contributed by atoms with E-state index in [1.165, 1.54) is 19.3 Å². The first-order valence-corrected chi connectivity index (χ1v) is 11.9. The van der Waals surface area contributed by atoms with Gasteiger partial charge in [-0.1, -0.05) is 6.42 Å². The zero-order valence-electron chi connectivity index (χ0n) is 17.8. The Morgan fingerprint density at radius 1 is 0.767 bits per heavy atom. The number of alkyl halides is 2. The SMILES string of the molecule is O=C(C1CC1)N1CC(N2CC(F)(F)C[C@H]2C(=O)N2CCC(N3CCCCC3)CC2)C1. The molecule has 0 aromatic heterocycles. The minimum atomic E-state index is -2.83. The van der Waals surface area contributed by atoms with Gasteiger partial charge in [-0.05, 0) is 51.6 Å². The number of carbonyl (C=O) groups is 2. The van der Waals surface area contributed by atoms with Gasteiger partial charge in [0.05, 0.1) is 12.6 Å². The van der Waals surface area contributed by atoms with Crippen molar-refractivity contribution >= 4 is 11.8 Å². The minimum Gasteiger partial charge on any atom is -0.341 e. The van der Waals surface area contributed by atoms with Gasteiger partial charge in [-0.25, -0.2) is 8.78 Å². The quantitative estimate of drug-likeness (QED) is 0.691. The minimum absolute atomic E-state index is 0.110. The van der Waals surface area contributed by atoms with Crippen LogP contribution >= 0.6 is 0 Å². The lowest BCUT2D eigenvalue weighted by Gasteiger charge is -2.46. The van der Waals surface area contributed by atoms with Crippen molar-refractivity contribution in [3.63, 3.8) is 0 Å². The van der Waals surface area contributed by atoms with Crippen molar-refractivity contribution < 1.29 is 18.4 Å². The number of hydrogen-bond acceptors (Lipinski definition) is 4. The maximum Gasteiger partial charge on any atom is 0.262 e. The number of piperidine rings is 2. The lowest BCUT2D eigenvalue weighted by atomic mass is 9.98. The number of rotatable bonds is 4. The Labute approximate surface area is 177 Å². The molecule has 0 radical (unpaired) electrons. The molecule has 4 aliphatic heterocycles. The van der Waals surface area contributed by atoms with Crippen LogP contribution in [0.2, 0.25) is 0 Å². The molecule has 0 bridgehead atoms. The van der Waals surface area contributed by atoms with Crippen LogP contribution in [0, 0.1) is 5.92 Å². The molecule has 4 heterocycles. The lowest BCUT2D eigenvalue weighted by Crippen LogP contribution is -2.64. The second-order valence-electron chi connectivity index (χ2n) is 10.1. The highest BCUT2D eigenvalue weighted by molar-refractivity contribution is 5.83. The van der Waals surface area contributed by atoms with Gasteiger partial charge in [0.2, 0.25) is 11.8 Å². The topological polar surface area (TPSA) is 47.1 Å². The standard InChI is InChI=1S/C22H34F2N4O2/c23-22(24)12-19(28(15-22)18-13-27(14-18)20(29)16-4-5-16)21(30)26-10-6-17(7-11-26)25-8-2-1-3-9-25/h16-19H,1-15H2/t19-/m0/s1. The summed E-state index contributed by atoms with van der Waals surface area (Å²) in [6, 6.07) is -0.320. The van der Waals surface area contributed by atoms with Crippen molar-refractivity contribution in [2.75, 3.05) is 45.8 Å². The third-order valence-corrected chi connectivity index (χ3v) is 7.84. The summed E-state index contributed by atoms with van der Waals surface area (Å²) in [5.74, 6) is -2.63. The molecule has 1 atom stereocenters. The van der Waals surface area contributed by atoms with Crippen molar-refractivity contribution in [1.29, 1.82) is 0 Å². The van der Waals surface area contributed by atoms with Crippen molar-refractivity contribution in [2.45, 2.75) is 75.4 Å². The molecule has 5 aliphatic rings. The Kier molecular flexibility index (Phi) is 5.50. The molecule has 5 rings (SSSR count). The van der Waals surface area contributed by atoms with E-state index >= 15 is 0 Å². The molecule has 0 N–H and O–H groups in total. The molecule has 5 fully saturated rings. The van der Waals surface area contributed by atoms with E-state index < -0.39 is 12.0 Å². The highest BCUT2D eigenvalue weighted by Crippen LogP contribution is 2.38. The van der Waals surface area contributed by atoms with E-state index in [-0.39, 0.29) is 36.7 Å². The molecule has 1 aliphatic carbocycles. The van der Waals surface area contributed by atoms with Crippen LogP contribution in [0.3, 0.4) is 0 Å². The van der Waals surface area contributed by atoms with Crippen LogP contribution in [0.1, 0.15) is 51.4 Å². The molecule has 8 heteroatoms. The highest BCUT2D eigenvalue weighted by atomic mass is 19.3. The van der Waals surface area contributed by atoms with Crippen molar-refractivity contribution in [2.24, 2.45) is 5.92 Å². The van der Waals surface area contributed by atoms with Gasteiger partial charge in [0, 0.05) is 50.6 Å². The Bertz CT molecular complexity index is 666. The summed E-state index contributed by atoms with van der Waals surface area (Å²) in [5.41, 5.74) is 0. The molecular formula is C22H34F2N4O2. The summed E-state index contributed by atoms with van der Waals surface area (Å²) in [4.78, 5) is 33.3. The Morgan fingerprint density at radius 2 is 1.43 bits per heavy atom. The normalized spacial score (nSPS) is 31.7. The van der Waals surface area contributed by atoms with Crippen LogP contribution in [0.5, 0.6) is 0 Å². The summed E-state index contributed by atoms with van der Waals surface area (Å²) in [6.45, 7) is 4.28. The fraction of sp³-hybridized carbons (Fsp3) is 0.909. The van der Waals surface area contributed by atoms with Gasteiger partial charge in [-0.3, -0.25) is 14.5 Å². The second-order valence-corrected chi connectivity index (χ2v) is 10.1. The molecule has 1 saturated carbocycles. The van der Waals surface area contributed by atoms with Gasteiger partial charge in [0.15, 0.2) is 0 Å². The third-order valence-electron chi connectivity index (χ3n) is 7.84. The number of amides is 2. The third kappa shape index (κ3) is 4.09. The molecule has 0 aromatic carbocycles. The van der Waals surface area contributed by atoms with E-state index in [4.69, 9.17) is 0 Å². The maximum absolute atomic E-state index is 14.3. The number of likely N-dealkylation sites (tertiary alicyclic amines) is 4. The average Bonchev–Trinajstić information content (AvgIpc) is 3.51. The largest absolute Gasteiger partial charge is 0.341 e. The molecule has 6 nitrogen and oxygen atoms in total. The second kappa shape index (κ2) is 8.01. The van der Waals surface area contributed by atoms with Crippen LogP contribution in [0.4, 0.5) is 8.78 Å². The van der Waals surface area contributed by atoms with Crippen molar-refractivity contribution in [3.8, 4) is 0 Å². The number of hydrogen-bond donors (Lipinski definition) is 0. The van der Waals surface area contributed by atoms with E-state index in [1.54, 1.807) is 9.80 Å². The van der Waals surface area contributed by atoms with Crippen LogP contribution in [-0.2, 0) is 9.59 Å². The van der Waals surface area contributed by atoms with E-state index in [9.17, 15) is 18.4 Å². The maximum atomic E-state index is 14.3. The van der Waals surface area contributed by atoms with Gasteiger partial charge < -0.3 is 14.7 Å². The fourth-order valence-corrected chi connectivity index (χ4v) is 5.83. The van der Waals surface area contributed by atoms with Gasteiger partial charge in [0.25, 0.3) is 5.92 Å². The molecule has 0 aromatic rings. The van der Waals surface area contributed by atoms with Crippen LogP contribution in [0.25, 0.3) is 0 Å². The first-order valence-electron chi connectivity index (χ1n) is 11.9. The van der Waals surface area contributed by atoms with Crippen LogP contribution in [0.15, 0.2) is 0 Å². The van der Waals surface area contributed by atoms with Gasteiger partial charge in [-0.15, -0.1) is 0 Å². The number of halogens is 2. The number of nitrogens with zero attached hydrogens (tertiary/aromatic N) is 4. The molecule has 168 valence electrons. The van der Waals surface area contributed by atoms with E-state index in [2.05, 4.69) is 4.90 Å². The first kappa shape index (κ1) is 20.6. The van der Waals surface area contributed by atoms with Gasteiger partial charge >= 0.3 is 0 Å². The lowest BCUT2D eigenvalue weighted by molar-refractivity contribution is -0.144. The van der Waals surface area contributed by atoms with E-state index in [0.29, 0.717) is 32.2 Å². The Morgan fingerprint density at radius 3 is 2.07 bits per heavy atom. The predicted octanol–water partition coefficient (Wildman–Crippen LogP) is 1.79. The molecular weight excluding hydrogens is 390 g/mol. The summed E-state index contributed by atoms with van der Waals surface area (Å²) >= 11 is 0. The predicted molar refractivity (Wildman–Crippen MR) is 108 cm³/mol. The molecule has 0 unspecified atom stereocenters. The first-order chi connectivity index (χ1) is 14.4. The summed E-state index contributed by atoms with van der Waals surface area (Å²) in [5, 5.41) is 0. The zero-order valence-corrected chi connectivity index (χ0v) is 17.8. The summed E-state index contributed by atoms with van der Waals surface area (Å²) < 4.78 is 28.6. The van der Waals surface area contributed by atoms with Crippen molar-refractivity contribution in [3.05, 3.63) is 0 Å². The molecule has 4 saturated heterocycles. The van der Waals surface area contributed by atoms with Crippen LogP contribution < -0.4 is 0 Å². The van der Waals surface area contributed by atoms with Gasteiger partial charge in [0.1, 0.15) is 0 Å². The summed E-state index contributed by atoms with van der Waals surface area (Å²) in [7, 11) is 0. The fourth-order valence-electron chi connectivity index (χ4n) is 5.83. The van der Waals surface area contributed by atoms with Gasteiger partial charge in [-0.2, -0.15) is 0 Å². The molecule has 2 amide bonds.